The van der Waals surface area contributed by atoms with Gasteiger partial charge in [0.2, 0.25) is 10.0 Å². The summed E-state index contributed by atoms with van der Waals surface area (Å²) in [7, 11) is -3.46. The third-order valence-electron chi connectivity index (χ3n) is 3.16. The van der Waals surface area contributed by atoms with Crippen molar-refractivity contribution in [2.45, 2.75) is 44.9 Å². The average molecular weight is 327 g/mol. The number of esters is 1. The van der Waals surface area contributed by atoms with Crippen molar-refractivity contribution in [3.8, 4) is 0 Å². The van der Waals surface area contributed by atoms with Gasteiger partial charge in [0.1, 0.15) is 0 Å². The normalized spacial score (nSPS) is 11.6. The van der Waals surface area contributed by atoms with Crippen molar-refractivity contribution in [2.75, 3.05) is 19.7 Å². The van der Waals surface area contributed by atoms with Gasteiger partial charge in [-0.25, -0.2) is 8.42 Å². The molecule has 0 aliphatic heterocycles. The SMILES string of the molecule is CCCN(CCC)S(=O)(=O)c1ccc(CC(=O)OCC)cc1. The Kier molecular flexibility index (Phi) is 7.55. The minimum atomic E-state index is -3.46. The number of sulfonamides is 1. The highest BCUT2D eigenvalue weighted by atomic mass is 32.2. The fourth-order valence-corrected chi connectivity index (χ4v) is 3.78. The molecule has 124 valence electrons. The van der Waals surface area contributed by atoms with Crippen LogP contribution in [0.25, 0.3) is 0 Å². The fraction of sp³-hybridized carbons (Fsp3) is 0.562. The standard InChI is InChI=1S/C16H25NO4S/c1-4-11-17(12-5-2)22(19,20)15-9-7-14(8-10-15)13-16(18)21-6-3/h7-10H,4-6,11-13H2,1-3H3. The molecule has 0 saturated carbocycles. The van der Waals surface area contributed by atoms with Crippen molar-refractivity contribution in [1.29, 1.82) is 0 Å². The number of hydrogen-bond donors (Lipinski definition) is 0. The maximum Gasteiger partial charge on any atom is 0.310 e. The fourth-order valence-electron chi connectivity index (χ4n) is 2.16. The first-order valence-corrected chi connectivity index (χ1v) is 9.14. The van der Waals surface area contributed by atoms with Gasteiger partial charge in [-0.1, -0.05) is 26.0 Å². The van der Waals surface area contributed by atoms with E-state index in [9.17, 15) is 13.2 Å². The number of carbonyl (C=O) groups is 1. The smallest absolute Gasteiger partial charge is 0.310 e. The van der Waals surface area contributed by atoms with E-state index in [4.69, 9.17) is 4.74 Å². The van der Waals surface area contributed by atoms with Gasteiger partial charge < -0.3 is 4.74 Å². The van der Waals surface area contributed by atoms with Crippen LogP contribution in [0.2, 0.25) is 0 Å². The van der Waals surface area contributed by atoms with Crippen LogP contribution in [-0.4, -0.2) is 38.4 Å². The molecular weight excluding hydrogens is 302 g/mol. The zero-order valence-corrected chi connectivity index (χ0v) is 14.4. The van der Waals surface area contributed by atoms with Gasteiger partial charge in [-0.3, -0.25) is 4.79 Å². The topological polar surface area (TPSA) is 63.7 Å². The van der Waals surface area contributed by atoms with Gasteiger partial charge >= 0.3 is 5.97 Å². The Morgan fingerprint density at radius 3 is 2.05 bits per heavy atom. The molecule has 0 aliphatic rings. The Morgan fingerprint density at radius 2 is 1.59 bits per heavy atom. The molecule has 5 nitrogen and oxygen atoms in total. The lowest BCUT2D eigenvalue weighted by molar-refractivity contribution is -0.142. The van der Waals surface area contributed by atoms with Gasteiger partial charge in [0.25, 0.3) is 0 Å². The van der Waals surface area contributed by atoms with Crippen LogP contribution in [0, 0.1) is 0 Å². The van der Waals surface area contributed by atoms with Gasteiger partial charge in [-0.05, 0) is 37.5 Å². The number of carbonyl (C=O) groups excluding carboxylic acids is 1. The molecule has 0 aromatic heterocycles. The van der Waals surface area contributed by atoms with Crippen LogP contribution in [0.3, 0.4) is 0 Å². The molecule has 0 unspecified atom stereocenters. The Labute approximate surface area is 133 Å². The first kappa shape index (κ1) is 18.6. The highest BCUT2D eigenvalue weighted by Crippen LogP contribution is 2.17. The monoisotopic (exact) mass is 327 g/mol. The number of ether oxygens (including phenoxy) is 1. The molecule has 0 N–H and O–H groups in total. The minimum absolute atomic E-state index is 0.155. The highest BCUT2D eigenvalue weighted by molar-refractivity contribution is 7.89. The molecule has 0 atom stereocenters. The molecule has 0 spiro atoms. The lowest BCUT2D eigenvalue weighted by atomic mass is 10.1. The highest BCUT2D eigenvalue weighted by Gasteiger charge is 2.22. The van der Waals surface area contributed by atoms with Crippen molar-refractivity contribution in [2.24, 2.45) is 0 Å². The van der Waals surface area contributed by atoms with Crippen LogP contribution in [-0.2, 0) is 26.0 Å². The molecule has 22 heavy (non-hydrogen) atoms. The van der Waals surface area contributed by atoms with Crippen molar-refractivity contribution >= 4 is 16.0 Å². The van der Waals surface area contributed by atoms with Crippen LogP contribution in [0.15, 0.2) is 29.2 Å². The number of hydrogen-bond acceptors (Lipinski definition) is 4. The second kappa shape index (κ2) is 8.90. The van der Waals surface area contributed by atoms with Gasteiger partial charge in [-0.15, -0.1) is 0 Å². The van der Waals surface area contributed by atoms with Gasteiger partial charge in [0.15, 0.2) is 0 Å². The largest absolute Gasteiger partial charge is 0.466 e. The zero-order valence-electron chi connectivity index (χ0n) is 13.5. The summed E-state index contributed by atoms with van der Waals surface area (Å²) < 4.78 is 31.6. The molecule has 0 heterocycles. The van der Waals surface area contributed by atoms with Gasteiger partial charge in [0, 0.05) is 13.1 Å². The van der Waals surface area contributed by atoms with Crippen molar-refractivity contribution in [3.05, 3.63) is 29.8 Å². The van der Waals surface area contributed by atoms with Crippen LogP contribution < -0.4 is 0 Å². The van der Waals surface area contributed by atoms with E-state index in [1.807, 2.05) is 13.8 Å². The van der Waals surface area contributed by atoms with Crippen LogP contribution >= 0.6 is 0 Å². The van der Waals surface area contributed by atoms with Crippen molar-refractivity contribution < 1.29 is 17.9 Å². The number of rotatable bonds is 9. The third-order valence-corrected chi connectivity index (χ3v) is 5.07. The summed E-state index contributed by atoms with van der Waals surface area (Å²) in [6.07, 6.45) is 1.71. The summed E-state index contributed by atoms with van der Waals surface area (Å²) in [6.45, 7) is 7.04. The van der Waals surface area contributed by atoms with Crippen LogP contribution in [0.1, 0.15) is 39.2 Å². The van der Waals surface area contributed by atoms with E-state index in [-0.39, 0.29) is 17.3 Å². The maximum absolute atomic E-state index is 12.6. The molecule has 0 saturated heterocycles. The summed E-state index contributed by atoms with van der Waals surface area (Å²) >= 11 is 0. The van der Waals surface area contributed by atoms with Crippen molar-refractivity contribution in [1.82, 2.24) is 4.31 Å². The van der Waals surface area contributed by atoms with Gasteiger partial charge in [0.05, 0.1) is 17.9 Å². The quantitative estimate of drug-likeness (QED) is 0.654. The molecule has 6 heteroatoms. The predicted molar refractivity (Wildman–Crippen MR) is 86.1 cm³/mol. The first-order valence-electron chi connectivity index (χ1n) is 7.70. The number of nitrogens with zero attached hydrogens (tertiary/aromatic N) is 1. The second-order valence-electron chi connectivity index (χ2n) is 5.03. The van der Waals surface area contributed by atoms with Crippen LogP contribution in [0.5, 0.6) is 0 Å². The zero-order chi connectivity index (χ0) is 16.6. The van der Waals surface area contributed by atoms with Crippen molar-refractivity contribution in [3.63, 3.8) is 0 Å². The molecule has 0 radical (unpaired) electrons. The second-order valence-corrected chi connectivity index (χ2v) is 6.97. The minimum Gasteiger partial charge on any atom is -0.466 e. The lowest BCUT2D eigenvalue weighted by Gasteiger charge is -2.21. The third kappa shape index (κ3) is 5.10. The summed E-state index contributed by atoms with van der Waals surface area (Å²) in [4.78, 5) is 11.7. The van der Waals surface area contributed by atoms with E-state index in [0.29, 0.717) is 19.7 Å². The van der Waals surface area contributed by atoms with Crippen LogP contribution in [0.4, 0.5) is 0 Å². The average Bonchev–Trinajstić information content (AvgIpc) is 2.48. The van der Waals surface area contributed by atoms with Gasteiger partial charge in [-0.2, -0.15) is 4.31 Å². The predicted octanol–water partition coefficient (Wildman–Crippen LogP) is 2.60. The molecule has 0 amide bonds. The van der Waals surface area contributed by atoms with E-state index in [2.05, 4.69) is 0 Å². The molecule has 0 bridgehead atoms. The molecular formula is C16H25NO4S. The summed E-state index contributed by atoms with van der Waals surface area (Å²) in [5, 5.41) is 0. The molecule has 0 aliphatic carbocycles. The molecule has 1 aromatic carbocycles. The summed E-state index contributed by atoms with van der Waals surface area (Å²) in [5.74, 6) is -0.309. The maximum atomic E-state index is 12.6. The first-order chi connectivity index (χ1) is 10.5. The van der Waals surface area contributed by atoms with E-state index in [0.717, 1.165) is 18.4 Å². The molecule has 1 aromatic rings. The molecule has 1 rings (SSSR count). The van der Waals surface area contributed by atoms with E-state index >= 15 is 0 Å². The number of benzene rings is 1. The van der Waals surface area contributed by atoms with E-state index in [1.165, 1.54) is 4.31 Å². The Morgan fingerprint density at radius 1 is 1.05 bits per heavy atom. The molecule has 0 fully saturated rings. The van der Waals surface area contributed by atoms with E-state index < -0.39 is 10.0 Å². The lowest BCUT2D eigenvalue weighted by Crippen LogP contribution is -2.32. The Balaban J connectivity index is 2.89. The summed E-state index contributed by atoms with van der Waals surface area (Å²) in [6, 6.07) is 6.45. The summed E-state index contributed by atoms with van der Waals surface area (Å²) in [5.41, 5.74) is 0.745. The van der Waals surface area contributed by atoms with E-state index in [1.54, 1.807) is 31.2 Å². The Hall–Kier alpha value is -1.40. The Bertz CT molecular complexity index is 560.